The van der Waals surface area contributed by atoms with Crippen molar-refractivity contribution in [3.63, 3.8) is 0 Å². The Balaban J connectivity index is 1.19. The molecule has 0 aliphatic heterocycles. The molecule has 0 fully saturated rings. The van der Waals surface area contributed by atoms with Crippen LogP contribution < -0.4 is 4.90 Å². The molecule has 3 nitrogen and oxygen atoms in total. The highest BCUT2D eigenvalue weighted by molar-refractivity contribution is 6.20. The predicted molar refractivity (Wildman–Crippen MR) is 239 cm³/mol. The van der Waals surface area contributed by atoms with E-state index in [-0.39, 0.29) is 5.82 Å². The highest BCUT2D eigenvalue weighted by Gasteiger charge is 2.53. The number of para-hydroxylation sites is 3. The van der Waals surface area contributed by atoms with Gasteiger partial charge in [-0.2, -0.15) is 0 Å². The minimum absolute atomic E-state index is 0.283. The summed E-state index contributed by atoms with van der Waals surface area (Å²) in [5.41, 5.74) is 16.8. The molecule has 0 radical (unpaired) electrons. The van der Waals surface area contributed by atoms with Crippen LogP contribution in [0, 0.1) is 5.82 Å². The number of halogens is 1. The van der Waals surface area contributed by atoms with Crippen LogP contribution in [0.5, 0.6) is 0 Å². The van der Waals surface area contributed by atoms with Crippen molar-refractivity contribution in [1.82, 2.24) is 4.57 Å². The van der Waals surface area contributed by atoms with Crippen molar-refractivity contribution >= 4 is 60.8 Å². The lowest BCUT2D eigenvalue weighted by atomic mass is 9.70. The van der Waals surface area contributed by atoms with Crippen molar-refractivity contribution in [2.45, 2.75) is 5.41 Å². The predicted octanol–water partition coefficient (Wildman–Crippen LogP) is 14.6. The second kappa shape index (κ2) is 11.9. The third kappa shape index (κ3) is 4.25. The molecule has 0 amide bonds. The first-order valence-electron chi connectivity index (χ1n) is 20.1. The quantitative estimate of drug-likeness (QED) is 0.178. The van der Waals surface area contributed by atoms with Gasteiger partial charge in [0.15, 0.2) is 0 Å². The number of benzene rings is 9. The van der Waals surface area contributed by atoms with E-state index >= 15 is 0 Å². The average molecular weight is 757 g/mol. The number of anilines is 3. The lowest BCUT2D eigenvalue weighted by molar-refractivity contribution is 0.628. The summed E-state index contributed by atoms with van der Waals surface area (Å²) in [6.45, 7) is 0. The van der Waals surface area contributed by atoms with Gasteiger partial charge in [-0.1, -0.05) is 133 Å². The van der Waals surface area contributed by atoms with Gasteiger partial charge in [-0.15, -0.1) is 0 Å². The maximum atomic E-state index is 14.9. The summed E-state index contributed by atoms with van der Waals surface area (Å²) in [7, 11) is 0. The average Bonchev–Trinajstić information content (AvgIpc) is 4.01. The Labute approximate surface area is 339 Å². The van der Waals surface area contributed by atoms with Gasteiger partial charge in [0.2, 0.25) is 0 Å². The van der Waals surface area contributed by atoms with E-state index in [1.807, 2.05) is 18.2 Å². The summed E-state index contributed by atoms with van der Waals surface area (Å²) in [6.07, 6.45) is 0. The first-order valence-corrected chi connectivity index (χ1v) is 20.1. The smallest absolute Gasteiger partial charge is 0.145 e. The highest BCUT2D eigenvalue weighted by Crippen LogP contribution is 2.65. The first-order chi connectivity index (χ1) is 29.2. The zero-order valence-electron chi connectivity index (χ0n) is 31.7. The lowest BCUT2D eigenvalue weighted by Gasteiger charge is -2.32. The van der Waals surface area contributed by atoms with E-state index in [0.29, 0.717) is 0 Å². The molecular weight excluding hydrogens is 724 g/mol. The van der Waals surface area contributed by atoms with E-state index in [9.17, 15) is 4.39 Å². The van der Waals surface area contributed by atoms with Gasteiger partial charge in [-0.25, -0.2) is 4.39 Å². The molecule has 2 aromatic heterocycles. The number of aromatic nitrogens is 1. The number of fused-ring (bicyclic) bond motifs is 17. The number of hydrogen-bond donors (Lipinski definition) is 0. The topological polar surface area (TPSA) is 21.3 Å². The molecule has 0 atom stereocenters. The Morgan fingerprint density at radius 1 is 0.458 bits per heavy atom. The SMILES string of the molecule is Fc1ccc(N(c2ccc3c4ccccc4n(-c4ccccc4)c3c2)c2cc3c(c4oc5ccccc5c24)-c2ccccc2C32c3ccccc3-c3ccccc32)cc1. The fourth-order valence-electron chi connectivity index (χ4n) is 10.6. The second-order valence-corrected chi connectivity index (χ2v) is 15.7. The summed E-state index contributed by atoms with van der Waals surface area (Å²) in [4.78, 5) is 2.31. The monoisotopic (exact) mass is 756 g/mol. The summed E-state index contributed by atoms with van der Waals surface area (Å²) in [6, 6.07) is 70.1. The first kappa shape index (κ1) is 32.4. The Hall–Kier alpha value is -7.69. The number of nitrogens with zero attached hydrogens (tertiary/aromatic N) is 2. The standard InChI is InChI=1S/C55H33FN2O/c56-34-26-28-36(29-27-34)57(37-30-31-41-40-18-7-12-24-48(40)58(49(41)32-37)35-14-2-1-3-15-35)50-33-47-52(54-53(50)43-20-8-13-25-51(43)59-54)42-19-6-11-23-46(42)55(47)44-21-9-4-16-38(44)39-17-5-10-22-45(39)55/h1-33H. The van der Waals surface area contributed by atoms with E-state index < -0.39 is 5.41 Å². The summed E-state index contributed by atoms with van der Waals surface area (Å²) >= 11 is 0. The minimum atomic E-state index is -0.598. The lowest BCUT2D eigenvalue weighted by Crippen LogP contribution is -2.26. The zero-order valence-corrected chi connectivity index (χ0v) is 31.7. The number of rotatable bonds is 4. The van der Waals surface area contributed by atoms with Crippen molar-refractivity contribution in [3.8, 4) is 27.9 Å². The van der Waals surface area contributed by atoms with Crippen molar-refractivity contribution in [3.05, 3.63) is 228 Å². The minimum Gasteiger partial charge on any atom is -0.455 e. The Morgan fingerprint density at radius 2 is 1.03 bits per heavy atom. The van der Waals surface area contributed by atoms with Crippen LogP contribution in [-0.2, 0) is 5.41 Å². The van der Waals surface area contributed by atoms with E-state index in [1.54, 1.807) is 12.1 Å². The molecule has 2 aliphatic rings. The van der Waals surface area contributed by atoms with Gasteiger partial charge >= 0.3 is 0 Å². The van der Waals surface area contributed by atoms with E-state index in [4.69, 9.17) is 4.42 Å². The van der Waals surface area contributed by atoms with Crippen LogP contribution in [0.1, 0.15) is 22.3 Å². The molecule has 0 unspecified atom stereocenters. The molecule has 59 heavy (non-hydrogen) atoms. The summed E-state index contributed by atoms with van der Waals surface area (Å²) in [5, 5.41) is 4.38. The molecule has 9 aromatic carbocycles. The highest BCUT2D eigenvalue weighted by atomic mass is 19.1. The maximum absolute atomic E-state index is 14.9. The molecule has 13 rings (SSSR count). The van der Waals surface area contributed by atoms with E-state index in [2.05, 4.69) is 179 Å². The molecule has 276 valence electrons. The maximum Gasteiger partial charge on any atom is 0.145 e. The van der Waals surface area contributed by atoms with Crippen molar-refractivity contribution in [1.29, 1.82) is 0 Å². The van der Waals surface area contributed by atoms with E-state index in [1.165, 1.54) is 44.3 Å². The fraction of sp³-hybridized carbons (Fsp3) is 0.0182. The van der Waals surface area contributed by atoms with Crippen LogP contribution in [0.15, 0.2) is 205 Å². The number of furan rings is 1. The normalized spacial score (nSPS) is 13.3. The molecule has 0 saturated heterocycles. The van der Waals surface area contributed by atoms with Crippen LogP contribution in [0.25, 0.3) is 71.7 Å². The van der Waals surface area contributed by atoms with Crippen molar-refractivity contribution in [2.24, 2.45) is 0 Å². The Bertz CT molecular complexity index is 3480. The van der Waals surface area contributed by atoms with Gasteiger partial charge in [-0.3, -0.25) is 0 Å². The second-order valence-electron chi connectivity index (χ2n) is 15.7. The summed E-state index contributed by atoms with van der Waals surface area (Å²) in [5.74, 6) is -0.283. The van der Waals surface area contributed by atoms with Gasteiger partial charge in [0.25, 0.3) is 0 Å². The van der Waals surface area contributed by atoms with Gasteiger partial charge in [0, 0.05) is 38.8 Å². The fourth-order valence-corrected chi connectivity index (χ4v) is 10.6. The molecule has 0 saturated carbocycles. The van der Waals surface area contributed by atoms with Crippen LogP contribution in [0.3, 0.4) is 0 Å². The molecule has 2 heterocycles. The van der Waals surface area contributed by atoms with Crippen LogP contribution >= 0.6 is 0 Å². The number of hydrogen-bond acceptors (Lipinski definition) is 2. The van der Waals surface area contributed by atoms with Gasteiger partial charge in [0.1, 0.15) is 17.0 Å². The van der Waals surface area contributed by atoms with Crippen molar-refractivity contribution in [2.75, 3.05) is 4.90 Å². The van der Waals surface area contributed by atoms with Crippen molar-refractivity contribution < 1.29 is 8.81 Å². The zero-order chi connectivity index (χ0) is 38.8. The van der Waals surface area contributed by atoms with Crippen LogP contribution in [0.2, 0.25) is 0 Å². The molecule has 2 aliphatic carbocycles. The van der Waals surface area contributed by atoms with Crippen LogP contribution in [-0.4, -0.2) is 4.57 Å². The van der Waals surface area contributed by atoms with Gasteiger partial charge in [-0.05, 0) is 106 Å². The molecule has 0 N–H and O–H groups in total. The van der Waals surface area contributed by atoms with Gasteiger partial charge in [0.05, 0.1) is 27.5 Å². The third-order valence-corrected chi connectivity index (χ3v) is 12.8. The molecule has 4 heteroatoms. The molecule has 0 bridgehead atoms. The van der Waals surface area contributed by atoms with Crippen LogP contribution in [0.4, 0.5) is 21.5 Å². The van der Waals surface area contributed by atoms with Gasteiger partial charge < -0.3 is 13.9 Å². The molecule has 11 aromatic rings. The molecular formula is C55H33FN2O. The van der Waals surface area contributed by atoms with E-state index in [0.717, 1.165) is 66.7 Å². The Morgan fingerprint density at radius 3 is 1.78 bits per heavy atom. The third-order valence-electron chi connectivity index (χ3n) is 12.8. The Kier molecular flexibility index (Phi) is 6.55. The molecule has 1 spiro atoms. The largest absolute Gasteiger partial charge is 0.455 e. The summed E-state index contributed by atoms with van der Waals surface area (Å²) < 4.78 is 24.4.